The number of nitrogens with zero attached hydrogens (tertiary/aromatic N) is 1. The smallest absolute Gasteiger partial charge is 0.250 e. The number of anilines is 1. The topological polar surface area (TPSA) is 20.3 Å². The summed E-state index contributed by atoms with van der Waals surface area (Å²) in [4.78, 5) is 13.5. The molecule has 3 rings (SSSR count). The summed E-state index contributed by atoms with van der Waals surface area (Å²) in [5.41, 5.74) is 2.40. The number of likely N-dealkylation sites (N-methyl/N-ethyl adjacent to an activating group) is 1. The van der Waals surface area contributed by atoms with Gasteiger partial charge in [-0.25, -0.2) is 0 Å². The van der Waals surface area contributed by atoms with Gasteiger partial charge in [-0.2, -0.15) is 0 Å². The lowest BCUT2D eigenvalue weighted by Gasteiger charge is -2.38. The second-order valence-electron chi connectivity index (χ2n) is 11.0. The summed E-state index contributed by atoms with van der Waals surface area (Å²) in [6, 6.07) is 8.66. The lowest BCUT2D eigenvalue weighted by atomic mass is 9.68. The van der Waals surface area contributed by atoms with Gasteiger partial charge in [-0.05, 0) is 86.0 Å². The lowest BCUT2D eigenvalue weighted by molar-refractivity contribution is -0.113. The average Bonchev–Trinajstić information content (AvgIpc) is 2.88. The number of unbranched alkanes of at least 4 members (excludes halogenated alkanes) is 6. The Kier molecular flexibility index (Phi) is 11.0. The highest BCUT2D eigenvalue weighted by Crippen LogP contribution is 2.44. The predicted octanol–water partition coefficient (Wildman–Crippen LogP) is 9.06. The fourth-order valence-corrected chi connectivity index (χ4v) is 6.50. The third-order valence-electron chi connectivity index (χ3n) is 8.80. The van der Waals surface area contributed by atoms with Gasteiger partial charge in [-0.1, -0.05) is 89.8 Å². The quantitative estimate of drug-likeness (QED) is 0.229. The molecule has 0 atom stereocenters. The molecule has 33 heavy (non-hydrogen) atoms. The summed E-state index contributed by atoms with van der Waals surface area (Å²) >= 11 is 0. The van der Waals surface area contributed by atoms with Gasteiger partial charge in [0.2, 0.25) is 5.91 Å². The van der Waals surface area contributed by atoms with Crippen molar-refractivity contribution in [1.82, 2.24) is 0 Å². The van der Waals surface area contributed by atoms with Crippen LogP contribution in [0.4, 0.5) is 5.69 Å². The van der Waals surface area contributed by atoms with E-state index in [4.69, 9.17) is 0 Å². The molecule has 2 aliphatic rings. The van der Waals surface area contributed by atoms with E-state index >= 15 is 0 Å². The summed E-state index contributed by atoms with van der Waals surface area (Å²) in [5, 5.41) is 0. The standard InChI is InChI=1S/C31H49NO/c1-4-6-7-8-9-10-11-12-25-13-15-26(16-14-25)27-17-19-28(20-18-27)29-21-23-30(24-22-29)32(3)31(33)5-2/h5,21-28H,2,4,6-20H2,1,3H3. The minimum Gasteiger partial charge on any atom is -0.312 e. The van der Waals surface area contributed by atoms with Gasteiger partial charge in [0, 0.05) is 12.7 Å². The second kappa shape index (κ2) is 14.0. The zero-order valence-electron chi connectivity index (χ0n) is 21.6. The third-order valence-corrected chi connectivity index (χ3v) is 8.80. The number of hydrogen-bond acceptors (Lipinski definition) is 1. The molecule has 0 N–H and O–H groups in total. The van der Waals surface area contributed by atoms with Gasteiger partial charge in [-0.15, -0.1) is 0 Å². The van der Waals surface area contributed by atoms with Crippen molar-refractivity contribution < 1.29 is 4.79 Å². The highest BCUT2D eigenvalue weighted by atomic mass is 16.2. The van der Waals surface area contributed by atoms with E-state index in [9.17, 15) is 4.79 Å². The van der Waals surface area contributed by atoms with Gasteiger partial charge in [-0.3, -0.25) is 4.79 Å². The largest absolute Gasteiger partial charge is 0.312 e. The Morgan fingerprint density at radius 3 is 1.97 bits per heavy atom. The van der Waals surface area contributed by atoms with Crippen LogP contribution in [-0.2, 0) is 4.79 Å². The molecule has 1 aromatic carbocycles. The Morgan fingerprint density at radius 1 is 0.848 bits per heavy atom. The number of carbonyl (C=O) groups excluding carboxylic acids is 1. The van der Waals surface area contributed by atoms with E-state index in [2.05, 4.69) is 37.8 Å². The second-order valence-corrected chi connectivity index (χ2v) is 11.0. The van der Waals surface area contributed by atoms with Crippen molar-refractivity contribution in [3.8, 4) is 0 Å². The van der Waals surface area contributed by atoms with E-state index in [0.717, 1.165) is 23.4 Å². The number of rotatable bonds is 12. The maximum absolute atomic E-state index is 11.8. The highest BCUT2D eigenvalue weighted by Gasteiger charge is 2.31. The molecule has 1 aromatic rings. The molecular weight excluding hydrogens is 402 g/mol. The van der Waals surface area contributed by atoms with Crippen molar-refractivity contribution in [2.75, 3.05) is 11.9 Å². The van der Waals surface area contributed by atoms with Gasteiger partial charge in [0.05, 0.1) is 0 Å². The summed E-state index contributed by atoms with van der Waals surface area (Å²) in [7, 11) is 1.81. The molecular formula is C31H49NO. The Morgan fingerprint density at radius 2 is 1.39 bits per heavy atom. The fourth-order valence-electron chi connectivity index (χ4n) is 6.50. The Hall–Kier alpha value is -1.57. The minimum absolute atomic E-state index is 0.0552. The highest BCUT2D eigenvalue weighted by molar-refractivity contribution is 6.00. The van der Waals surface area contributed by atoms with Crippen molar-refractivity contribution in [2.45, 2.75) is 116 Å². The molecule has 2 nitrogen and oxygen atoms in total. The molecule has 1 amide bonds. The molecule has 2 heteroatoms. The summed E-state index contributed by atoms with van der Waals surface area (Å²) in [6.07, 6.45) is 24.4. The van der Waals surface area contributed by atoms with Crippen molar-refractivity contribution in [1.29, 1.82) is 0 Å². The first kappa shape index (κ1) is 26.0. The van der Waals surface area contributed by atoms with Crippen LogP contribution in [-0.4, -0.2) is 13.0 Å². The normalized spacial score (nSPS) is 25.5. The fraction of sp³-hybridized carbons (Fsp3) is 0.710. The molecule has 0 radical (unpaired) electrons. The number of hydrogen-bond donors (Lipinski definition) is 0. The molecule has 0 spiro atoms. The Labute approximate surface area is 204 Å². The van der Waals surface area contributed by atoms with E-state index in [0.29, 0.717) is 5.92 Å². The van der Waals surface area contributed by atoms with Gasteiger partial charge in [0.1, 0.15) is 0 Å². The molecule has 2 saturated carbocycles. The molecule has 2 aliphatic carbocycles. The molecule has 184 valence electrons. The molecule has 0 bridgehead atoms. The first-order valence-corrected chi connectivity index (χ1v) is 14.1. The summed E-state index contributed by atoms with van der Waals surface area (Å²) < 4.78 is 0. The van der Waals surface area contributed by atoms with Crippen LogP contribution < -0.4 is 4.90 Å². The van der Waals surface area contributed by atoms with Gasteiger partial charge < -0.3 is 4.90 Å². The number of benzene rings is 1. The van der Waals surface area contributed by atoms with E-state index in [-0.39, 0.29) is 5.91 Å². The van der Waals surface area contributed by atoms with E-state index in [1.807, 2.05) is 7.05 Å². The van der Waals surface area contributed by atoms with Crippen LogP contribution in [0.5, 0.6) is 0 Å². The van der Waals surface area contributed by atoms with Crippen LogP contribution in [0.2, 0.25) is 0 Å². The summed E-state index contributed by atoms with van der Waals surface area (Å²) in [5.74, 6) is 3.64. The maximum Gasteiger partial charge on any atom is 0.250 e. The molecule has 0 unspecified atom stereocenters. The average molecular weight is 452 g/mol. The van der Waals surface area contributed by atoms with Gasteiger partial charge in [0.25, 0.3) is 0 Å². The SMILES string of the molecule is C=CC(=O)N(C)c1ccc(C2CCC(C3CCC(CCCCCCCCC)CC3)CC2)cc1. The van der Waals surface area contributed by atoms with Crippen LogP contribution in [0.3, 0.4) is 0 Å². The van der Waals surface area contributed by atoms with Crippen LogP contribution in [0.15, 0.2) is 36.9 Å². The molecule has 0 saturated heterocycles. The van der Waals surface area contributed by atoms with Gasteiger partial charge >= 0.3 is 0 Å². The van der Waals surface area contributed by atoms with Crippen LogP contribution in [0, 0.1) is 17.8 Å². The Balaban J connectivity index is 1.33. The molecule has 0 heterocycles. The van der Waals surface area contributed by atoms with Crippen LogP contribution in [0.25, 0.3) is 0 Å². The van der Waals surface area contributed by atoms with Crippen LogP contribution >= 0.6 is 0 Å². The molecule has 2 fully saturated rings. The first-order valence-electron chi connectivity index (χ1n) is 14.1. The van der Waals surface area contributed by atoms with Crippen molar-refractivity contribution in [2.24, 2.45) is 17.8 Å². The summed E-state index contributed by atoms with van der Waals surface area (Å²) in [6.45, 7) is 5.89. The van der Waals surface area contributed by atoms with E-state index < -0.39 is 0 Å². The number of amides is 1. The number of carbonyl (C=O) groups is 1. The van der Waals surface area contributed by atoms with Crippen LogP contribution in [0.1, 0.15) is 121 Å². The van der Waals surface area contributed by atoms with Gasteiger partial charge in [0.15, 0.2) is 0 Å². The van der Waals surface area contributed by atoms with E-state index in [1.165, 1.54) is 114 Å². The minimum atomic E-state index is -0.0552. The zero-order chi connectivity index (χ0) is 23.5. The van der Waals surface area contributed by atoms with Crippen molar-refractivity contribution in [3.63, 3.8) is 0 Å². The van der Waals surface area contributed by atoms with E-state index in [1.54, 1.807) is 4.90 Å². The predicted molar refractivity (Wildman–Crippen MR) is 143 cm³/mol. The maximum atomic E-state index is 11.8. The lowest BCUT2D eigenvalue weighted by Crippen LogP contribution is -2.25. The molecule has 0 aliphatic heterocycles. The van der Waals surface area contributed by atoms with Crippen molar-refractivity contribution in [3.05, 3.63) is 42.5 Å². The monoisotopic (exact) mass is 451 g/mol. The molecule has 0 aromatic heterocycles. The van der Waals surface area contributed by atoms with Crippen molar-refractivity contribution >= 4 is 11.6 Å². The third kappa shape index (κ3) is 8.01. The first-order chi connectivity index (χ1) is 16.1. The zero-order valence-corrected chi connectivity index (χ0v) is 21.6. The Bertz CT molecular complexity index is 692.